The maximum absolute atomic E-state index is 11.4. The molecule has 100 valence electrons. The maximum Gasteiger partial charge on any atom is 0.316 e. The van der Waals surface area contributed by atoms with Crippen molar-refractivity contribution < 1.29 is 4.79 Å². The minimum Gasteiger partial charge on any atom is -0.337 e. The Kier molecular flexibility index (Phi) is 5.93. The van der Waals surface area contributed by atoms with E-state index in [1.54, 1.807) is 30.9 Å². The van der Waals surface area contributed by atoms with Gasteiger partial charge in [-0.3, -0.25) is 4.79 Å². The number of carbonyl (C=O) groups excluding carboxylic acids is 1. The summed E-state index contributed by atoms with van der Waals surface area (Å²) in [5, 5.41) is 5.91. The third kappa shape index (κ3) is 5.01. The van der Waals surface area contributed by atoms with E-state index in [0.717, 1.165) is 0 Å². The highest BCUT2D eigenvalue weighted by Gasteiger charge is 2.00. The Morgan fingerprint density at radius 1 is 1.28 bits per heavy atom. The summed E-state index contributed by atoms with van der Waals surface area (Å²) in [7, 11) is 3.40. The minimum atomic E-state index is -0.101. The summed E-state index contributed by atoms with van der Waals surface area (Å²) in [5.74, 6) is 0. The van der Waals surface area contributed by atoms with E-state index < -0.39 is 0 Å². The summed E-state index contributed by atoms with van der Waals surface area (Å²) in [6, 6.07) is 5.00. The molecule has 1 aromatic rings. The smallest absolute Gasteiger partial charge is 0.316 e. The van der Waals surface area contributed by atoms with Crippen LogP contribution in [0, 0.1) is 0 Å². The van der Waals surface area contributed by atoms with Crippen molar-refractivity contribution in [3.05, 3.63) is 34.7 Å². The highest BCUT2D eigenvalue weighted by Crippen LogP contribution is 1.80. The van der Waals surface area contributed by atoms with Crippen molar-refractivity contribution in [1.82, 2.24) is 20.1 Å². The van der Waals surface area contributed by atoms with E-state index >= 15 is 0 Å². The van der Waals surface area contributed by atoms with Crippen molar-refractivity contribution in [2.24, 2.45) is 0 Å². The van der Waals surface area contributed by atoms with E-state index in [2.05, 4.69) is 10.6 Å². The Labute approximate surface area is 107 Å². The Bertz CT molecular complexity index is 428. The molecule has 0 radical (unpaired) electrons. The lowest BCUT2D eigenvalue weighted by Gasteiger charge is -2.12. The second kappa shape index (κ2) is 7.50. The van der Waals surface area contributed by atoms with E-state index in [-0.39, 0.29) is 11.6 Å². The molecule has 0 spiro atoms. The first-order valence-corrected chi connectivity index (χ1v) is 5.92. The molecule has 2 amide bonds. The molecular weight excluding hydrogens is 232 g/mol. The monoisotopic (exact) mass is 252 g/mol. The van der Waals surface area contributed by atoms with Gasteiger partial charge in [-0.15, -0.1) is 0 Å². The van der Waals surface area contributed by atoms with Gasteiger partial charge in [0.2, 0.25) is 0 Å². The number of urea groups is 1. The SMILES string of the molecule is CN(C)C(=O)NCCNCCn1ccccc1=O. The highest BCUT2D eigenvalue weighted by molar-refractivity contribution is 5.73. The Morgan fingerprint density at radius 3 is 2.72 bits per heavy atom. The lowest BCUT2D eigenvalue weighted by molar-refractivity contribution is 0.217. The van der Waals surface area contributed by atoms with E-state index in [1.165, 1.54) is 11.0 Å². The standard InChI is InChI=1S/C12H20N4O2/c1-15(2)12(18)14-7-6-13-8-10-16-9-4-3-5-11(16)17/h3-5,9,13H,6-8,10H2,1-2H3,(H,14,18). The number of amides is 2. The highest BCUT2D eigenvalue weighted by atomic mass is 16.2. The molecule has 0 unspecified atom stereocenters. The Hall–Kier alpha value is -1.82. The van der Waals surface area contributed by atoms with Crippen molar-refractivity contribution >= 4 is 6.03 Å². The van der Waals surface area contributed by atoms with Crippen molar-refractivity contribution in [2.45, 2.75) is 6.54 Å². The van der Waals surface area contributed by atoms with Crippen LogP contribution >= 0.6 is 0 Å². The van der Waals surface area contributed by atoms with Gasteiger partial charge in [-0.25, -0.2) is 4.79 Å². The number of pyridine rings is 1. The van der Waals surface area contributed by atoms with Gasteiger partial charge in [0.25, 0.3) is 5.56 Å². The van der Waals surface area contributed by atoms with Crippen molar-refractivity contribution in [2.75, 3.05) is 33.7 Å². The molecule has 18 heavy (non-hydrogen) atoms. The van der Waals surface area contributed by atoms with Crippen LogP contribution in [0.15, 0.2) is 29.2 Å². The van der Waals surface area contributed by atoms with Crippen LogP contribution in [0.3, 0.4) is 0 Å². The van der Waals surface area contributed by atoms with Gasteiger partial charge in [0, 0.05) is 52.5 Å². The van der Waals surface area contributed by atoms with Crippen LogP contribution < -0.4 is 16.2 Å². The molecule has 0 saturated heterocycles. The van der Waals surface area contributed by atoms with E-state index in [9.17, 15) is 9.59 Å². The van der Waals surface area contributed by atoms with Crippen molar-refractivity contribution in [3.63, 3.8) is 0 Å². The predicted molar refractivity (Wildman–Crippen MR) is 70.7 cm³/mol. The van der Waals surface area contributed by atoms with Gasteiger partial charge < -0.3 is 20.1 Å². The van der Waals surface area contributed by atoms with Gasteiger partial charge >= 0.3 is 6.03 Å². The second-order valence-corrected chi connectivity index (χ2v) is 4.11. The Morgan fingerprint density at radius 2 is 2.06 bits per heavy atom. The van der Waals surface area contributed by atoms with Crippen LogP contribution in [0.4, 0.5) is 4.79 Å². The van der Waals surface area contributed by atoms with Crippen LogP contribution in [-0.4, -0.2) is 49.2 Å². The molecule has 6 heteroatoms. The fraction of sp³-hybridized carbons (Fsp3) is 0.500. The first-order chi connectivity index (χ1) is 8.61. The van der Waals surface area contributed by atoms with Crippen molar-refractivity contribution in [3.8, 4) is 0 Å². The average Bonchev–Trinajstić information content (AvgIpc) is 2.35. The number of hydrogen-bond acceptors (Lipinski definition) is 3. The predicted octanol–water partition coefficient (Wildman–Crippen LogP) is -0.291. The number of aromatic nitrogens is 1. The molecule has 0 aliphatic rings. The first-order valence-electron chi connectivity index (χ1n) is 5.92. The molecule has 0 saturated carbocycles. The molecule has 6 nitrogen and oxygen atoms in total. The van der Waals surface area contributed by atoms with Crippen molar-refractivity contribution in [1.29, 1.82) is 0 Å². The topological polar surface area (TPSA) is 66.4 Å². The fourth-order valence-electron chi connectivity index (χ4n) is 1.39. The summed E-state index contributed by atoms with van der Waals surface area (Å²) in [4.78, 5) is 24.0. The number of nitrogens with zero attached hydrogens (tertiary/aromatic N) is 2. The van der Waals surface area contributed by atoms with E-state index in [0.29, 0.717) is 26.2 Å². The number of hydrogen-bond donors (Lipinski definition) is 2. The van der Waals surface area contributed by atoms with Gasteiger partial charge in [0.15, 0.2) is 0 Å². The summed E-state index contributed by atoms with van der Waals surface area (Å²) >= 11 is 0. The zero-order valence-electron chi connectivity index (χ0n) is 10.8. The third-order valence-electron chi connectivity index (χ3n) is 2.41. The number of nitrogens with one attached hydrogen (secondary N) is 2. The van der Waals surface area contributed by atoms with E-state index in [1.807, 2.05) is 6.07 Å². The summed E-state index contributed by atoms with van der Waals surface area (Å²) in [5.41, 5.74) is 0.000195. The minimum absolute atomic E-state index is 0.000195. The zero-order chi connectivity index (χ0) is 13.4. The summed E-state index contributed by atoms with van der Waals surface area (Å²) in [6.45, 7) is 2.57. The Balaban J connectivity index is 2.11. The lowest BCUT2D eigenvalue weighted by Crippen LogP contribution is -2.39. The molecule has 0 bridgehead atoms. The molecule has 1 aromatic heterocycles. The number of carbonyl (C=O) groups is 1. The zero-order valence-corrected chi connectivity index (χ0v) is 10.8. The van der Waals surface area contributed by atoms with Gasteiger partial charge in [-0.1, -0.05) is 6.07 Å². The molecule has 0 aliphatic carbocycles. The number of rotatable bonds is 6. The van der Waals surface area contributed by atoms with Crippen LogP contribution in [0.25, 0.3) is 0 Å². The molecule has 1 heterocycles. The molecule has 0 fully saturated rings. The average molecular weight is 252 g/mol. The molecule has 0 atom stereocenters. The van der Waals surface area contributed by atoms with Gasteiger partial charge in [-0.2, -0.15) is 0 Å². The summed E-state index contributed by atoms with van der Waals surface area (Å²) < 4.78 is 1.64. The van der Waals surface area contributed by atoms with Gasteiger partial charge in [0.05, 0.1) is 0 Å². The molecule has 0 aromatic carbocycles. The molecule has 1 rings (SSSR count). The molecule has 2 N–H and O–H groups in total. The van der Waals surface area contributed by atoms with Crippen LogP contribution in [0.5, 0.6) is 0 Å². The van der Waals surface area contributed by atoms with E-state index in [4.69, 9.17) is 0 Å². The molecular formula is C12H20N4O2. The second-order valence-electron chi connectivity index (χ2n) is 4.11. The lowest BCUT2D eigenvalue weighted by atomic mass is 10.4. The maximum atomic E-state index is 11.4. The van der Waals surface area contributed by atoms with Crippen LogP contribution in [-0.2, 0) is 6.54 Å². The largest absolute Gasteiger partial charge is 0.337 e. The molecule has 0 aliphatic heterocycles. The summed E-state index contributed by atoms with van der Waals surface area (Å²) in [6.07, 6.45) is 1.76. The first kappa shape index (κ1) is 14.2. The fourth-order valence-corrected chi connectivity index (χ4v) is 1.39. The third-order valence-corrected chi connectivity index (χ3v) is 2.41. The normalized spacial score (nSPS) is 10.1. The van der Waals surface area contributed by atoms with Crippen LogP contribution in [0.1, 0.15) is 0 Å². The van der Waals surface area contributed by atoms with Gasteiger partial charge in [0.1, 0.15) is 0 Å². The van der Waals surface area contributed by atoms with Gasteiger partial charge in [-0.05, 0) is 6.07 Å². The quantitative estimate of drug-likeness (QED) is 0.684. The van der Waals surface area contributed by atoms with Crippen LogP contribution in [0.2, 0.25) is 0 Å².